The van der Waals surface area contributed by atoms with Crippen molar-refractivity contribution in [1.29, 1.82) is 5.41 Å². The third-order valence-electron chi connectivity index (χ3n) is 2.48. The highest BCUT2D eigenvalue weighted by Crippen LogP contribution is 2.20. The van der Waals surface area contributed by atoms with Gasteiger partial charge in [0.05, 0.1) is 0 Å². The molecule has 0 aromatic heterocycles. The third-order valence-corrected chi connectivity index (χ3v) is 2.48. The molecule has 2 heteroatoms. The van der Waals surface area contributed by atoms with Gasteiger partial charge in [-0.15, -0.1) is 0 Å². The van der Waals surface area contributed by atoms with Crippen LogP contribution in [-0.2, 0) is 0 Å². The Morgan fingerprint density at radius 1 is 1.19 bits per heavy atom. The SMILES string of the molecule is Cc1ccc(-c2[c]ccc(C(=N)N)c2)cc1. The molecular formula is C14H13N2. The Kier molecular flexibility index (Phi) is 2.73. The largest absolute Gasteiger partial charge is 0.384 e. The van der Waals surface area contributed by atoms with Gasteiger partial charge in [0, 0.05) is 5.56 Å². The standard InChI is InChI=1S/C14H13N2/c1-10-5-7-11(8-6-10)12-3-2-4-13(9-12)14(15)16/h2,4-9H,1H3,(H3,15,16). The highest BCUT2D eigenvalue weighted by Gasteiger charge is 2.01. The predicted octanol–water partition coefficient (Wildman–Crippen LogP) is 2.75. The molecule has 2 aromatic rings. The molecule has 0 saturated carbocycles. The zero-order valence-corrected chi connectivity index (χ0v) is 9.12. The molecule has 0 bridgehead atoms. The van der Waals surface area contributed by atoms with E-state index in [4.69, 9.17) is 11.1 Å². The van der Waals surface area contributed by atoms with Crippen LogP contribution in [-0.4, -0.2) is 5.84 Å². The molecule has 1 radical (unpaired) electrons. The number of aryl methyl sites for hydroxylation is 1. The van der Waals surface area contributed by atoms with Crippen LogP contribution in [0, 0.1) is 18.4 Å². The summed E-state index contributed by atoms with van der Waals surface area (Å²) in [6, 6.07) is 16.8. The predicted molar refractivity (Wildman–Crippen MR) is 66.5 cm³/mol. The summed E-state index contributed by atoms with van der Waals surface area (Å²) in [5.41, 5.74) is 9.47. The van der Waals surface area contributed by atoms with E-state index in [2.05, 4.69) is 25.1 Å². The van der Waals surface area contributed by atoms with Gasteiger partial charge in [-0.3, -0.25) is 5.41 Å². The topological polar surface area (TPSA) is 49.9 Å². The second-order valence-corrected chi connectivity index (χ2v) is 3.77. The van der Waals surface area contributed by atoms with Gasteiger partial charge < -0.3 is 5.73 Å². The monoisotopic (exact) mass is 209 g/mol. The lowest BCUT2D eigenvalue weighted by atomic mass is 10.0. The molecule has 0 aliphatic heterocycles. The van der Waals surface area contributed by atoms with Crippen LogP contribution in [0.4, 0.5) is 0 Å². The second kappa shape index (κ2) is 4.19. The summed E-state index contributed by atoms with van der Waals surface area (Å²) in [6.45, 7) is 2.06. The first-order chi connectivity index (χ1) is 7.66. The maximum atomic E-state index is 7.39. The lowest BCUT2D eigenvalue weighted by Crippen LogP contribution is -2.10. The molecule has 0 spiro atoms. The minimum absolute atomic E-state index is 0.0855. The van der Waals surface area contributed by atoms with Crippen molar-refractivity contribution in [3.8, 4) is 11.1 Å². The first-order valence-electron chi connectivity index (χ1n) is 5.10. The zero-order chi connectivity index (χ0) is 11.5. The van der Waals surface area contributed by atoms with Crippen LogP contribution >= 0.6 is 0 Å². The molecule has 0 heterocycles. The van der Waals surface area contributed by atoms with Gasteiger partial charge in [-0.25, -0.2) is 0 Å². The maximum Gasteiger partial charge on any atom is 0.122 e. The van der Waals surface area contributed by atoms with Gasteiger partial charge in [0.15, 0.2) is 0 Å². The third kappa shape index (κ3) is 2.11. The van der Waals surface area contributed by atoms with E-state index in [1.807, 2.05) is 18.2 Å². The molecule has 3 N–H and O–H groups in total. The number of nitrogen functional groups attached to an aromatic ring is 1. The van der Waals surface area contributed by atoms with E-state index in [0.717, 1.165) is 16.7 Å². The minimum atomic E-state index is 0.0855. The number of amidine groups is 1. The molecule has 79 valence electrons. The van der Waals surface area contributed by atoms with Crippen molar-refractivity contribution < 1.29 is 0 Å². The van der Waals surface area contributed by atoms with E-state index in [0.29, 0.717) is 0 Å². The first-order valence-corrected chi connectivity index (χ1v) is 5.10. The molecule has 0 unspecified atom stereocenters. The molecule has 2 rings (SSSR count). The molecule has 0 saturated heterocycles. The Morgan fingerprint density at radius 2 is 1.88 bits per heavy atom. The summed E-state index contributed by atoms with van der Waals surface area (Å²) in [4.78, 5) is 0. The summed E-state index contributed by atoms with van der Waals surface area (Å²) >= 11 is 0. The Morgan fingerprint density at radius 3 is 2.50 bits per heavy atom. The Balaban J connectivity index is 2.44. The fraction of sp³-hybridized carbons (Fsp3) is 0.0714. The van der Waals surface area contributed by atoms with Gasteiger partial charge in [-0.2, -0.15) is 0 Å². The van der Waals surface area contributed by atoms with E-state index in [9.17, 15) is 0 Å². The number of nitrogens with one attached hydrogen (secondary N) is 1. The van der Waals surface area contributed by atoms with E-state index >= 15 is 0 Å². The van der Waals surface area contributed by atoms with Crippen LogP contribution in [0.3, 0.4) is 0 Å². The highest BCUT2D eigenvalue weighted by atomic mass is 14.7. The van der Waals surface area contributed by atoms with E-state index in [1.165, 1.54) is 5.56 Å². The van der Waals surface area contributed by atoms with Gasteiger partial charge in [0.25, 0.3) is 0 Å². The summed E-state index contributed by atoms with van der Waals surface area (Å²) in [5, 5.41) is 7.39. The average molecular weight is 209 g/mol. The van der Waals surface area contributed by atoms with Gasteiger partial charge >= 0.3 is 0 Å². The van der Waals surface area contributed by atoms with E-state index < -0.39 is 0 Å². The van der Waals surface area contributed by atoms with Crippen LogP contribution in [0.5, 0.6) is 0 Å². The van der Waals surface area contributed by atoms with Crippen LogP contribution < -0.4 is 5.73 Å². The number of nitrogens with two attached hydrogens (primary N) is 1. The molecule has 0 aliphatic carbocycles. The molecule has 2 aromatic carbocycles. The van der Waals surface area contributed by atoms with Crippen molar-refractivity contribution in [2.45, 2.75) is 6.92 Å². The quantitative estimate of drug-likeness (QED) is 0.580. The van der Waals surface area contributed by atoms with Crippen LogP contribution in [0.15, 0.2) is 42.5 Å². The fourth-order valence-electron chi connectivity index (χ4n) is 1.53. The van der Waals surface area contributed by atoms with Crippen LogP contribution in [0.25, 0.3) is 11.1 Å². The number of benzene rings is 2. The highest BCUT2D eigenvalue weighted by molar-refractivity contribution is 5.96. The zero-order valence-electron chi connectivity index (χ0n) is 9.12. The number of rotatable bonds is 2. The summed E-state index contributed by atoms with van der Waals surface area (Å²) in [6.07, 6.45) is 0. The van der Waals surface area contributed by atoms with Crippen molar-refractivity contribution in [3.63, 3.8) is 0 Å². The average Bonchev–Trinajstić information content (AvgIpc) is 2.30. The molecule has 0 fully saturated rings. The smallest absolute Gasteiger partial charge is 0.122 e. The number of hydrogen-bond acceptors (Lipinski definition) is 1. The van der Waals surface area contributed by atoms with Crippen molar-refractivity contribution in [2.75, 3.05) is 0 Å². The fourth-order valence-corrected chi connectivity index (χ4v) is 1.53. The van der Waals surface area contributed by atoms with Crippen molar-refractivity contribution in [1.82, 2.24) is 0 Å². The van der Waals surface area contributed by atoms with Gasteiger partial charge in [-0.1, -0.05) is 42.0 Å². The van der Waals surface area contributed by atoms with E-state index in [-0.39, 0.29) is 5.84 Å². The van der Waals surface area contributed by atoms with Gasteiger partial charge in [-0.05, 0) is 30.2 Å². The Labute approximate surface area is 95.2 Å². The van der Waals surface area contributed by atoms with Gasteiger partial charge in [0.1, 0.15) is 5.84 Å². The molecule has 2 nitrogen and oxygen atoms in total. The summed E-state index contributed by atoms with van der Waals surface area (Å²) in [5.74, 6) is 0.0855. The normalized spacial score (nSPS) is 10.1. The van der Waals surface area contributed by atoms with E-state index in [1.54, 1.807) is 12.1 Å². The Hall–Kier alpha value is -2.09. The van der Waals surface area contributed by atoms with Crippen molar-refractivity contribution in [2.24, 2.45) is 5.73 Å². The molecule has 0 atom stereocenters. The van der Waals surface area contributed by atoms with Crippen molar-refractivity contribution in [3.05, 3.63) is 59.7 Å². The second-order valence-electron chi connectivity index (χ2n) is 3.77. The van der Waals surface area contributed by atoms with Crippen LogP contribution in [0.1, 0.15) is 11.1 Å². The summed E-state index contributed by atoms with van der Waals surface area (Å²) in [7, 11) is 0. The molecule has 0 aliphatic rings. The maximum absolute atomic E-state index is 7.39. The number of hydrogen-bond donors (Lipinski definition) is 2. The Bertz CT molecular complexity index is 513. The molecule has 0 amide bonds. The first kappa shape index (κ1) is 10.4. The van der Waals surface area contributed by atoms with Crippen LogP contribution in [0.2, 0.25) is 0 Å². The lowest BCUT2D eigenvalue weighted by Gasteiger charge is -2.04. The minimum Gasteiger partial charge on any atom is -0.384 e. The van der Waals surface area contributed by atoms with Gasteiger partial charge in [0.2, 0.25) is 0 Å². The lowest BCUT2D eigenvalue weighted by molar-refractivity contribution is 1.42. The molecule has 16 heavy (non-hydrogen) atoms. The van der Waals surface area contributed by atoms with Crippen molar-refractivity contribution >= 4 is 5.84 Å². The molecular weight excluding hydrogens is 196 g/mol. The summed E-state index contributed by atoms with van der Waals surface area (Å²) < 4.78 is 0.